The van der Waals surface area contributed by atoms with E-state index in [1.807, 2.05) is 13.8 Å². The molecular weight excluding hydrogens is 471 g/mol. The smallest absolute Gasteiger partial charge is 0.329 e. The van der Waals surface area contributed by atoms with Gasteiger partial charge in [0.05, 0.1) is 18.3 Å². The number of hydrazone groups is 1. The Balaban J connectivity index is 1.97. The predicted octanol–water partition coefficient (Wildman–Crippen LogP) is 3.24. The van der Waals surface area contributed by atoms with Crippen LogP contribution in [0, 0.1) is 5.92 Å². The predicted molar refractivity (Wildman–Crippen MR) is 127 cm³/mol. The van der Waals surface area contributed by atoms with E-state index < -0.39 is 17.7 Å². The van der Waals surface area contributed by atoms with E-state index in [9.17, 15) is 14.4 Å². The van der Waals surface area contributed by atoms with Gasteiger partial charge in [-0.3, -0.25) is 14.4 Å². The van der Waals surface area contributed by atoms with Gasteiger partial charge in [0.1, 0.15) is 0 Å². The van der Waals surface area contributed by atoms with Crippen LogP contribution in [0.4, 0.5) is 5.69 Å². The number of rotatable bonds is 9. The van der Waals surface area contributed by atoms with Crippen LogP contribution in [-0.4, -0.2) is 44.2 Å². The number of nitrogens with one attached hydrogen (secondary N) is 3. The van der Waals surface area contributed by atoms with Gasteiger partial charge in [-0.15, -0.1) is 0 Å². The van der Waals surface area contributed by atoms with E-state index in [1.54, 1.807) is 30.3 Å². The number of nitrogens with zero attached hydrogens (tertiary/aromatic N) is 1. The average Bonchev–Trinajstić information content (AvgIpc) is 2.77. The van der Waals surface area contributed by atoms with Gasteiger partial charge in [0.15, 0.2) is 18.1 Å². The van der Waals surface area contributed by atoms with Crippen molar-refractivity contribution in [2.24, 2.45) is 11.0 Å². The van der Waals surface area contributed by atoms with Gasteiger partial charge in [0.2, 0.25) is 0 Å². The SMILES string of the molecule is COc1cc(/C=N\NC(=O)C(=O)NCC(C)C)cc(Cl)c1OCC(=O)Nc1ccc(Cl)cc1. The molecule has 0 aliphatic heterocycles. The highest BCUT2D eigenvalue weighted by molar-refractivity contribution is 6.35. The lowest BCUT2D eigenvalue weighted by Gasteiger charge is -2.13. The first-order valence-electron chi connectivity index (χ1n) is 9.86. The maximum atomic E-state index is 12.1. The number of benzene rings is 2. The number of methoxy groups -OCH3 is 1. The topological polar surface area (TPSA) is 118 Å². The van der Waals surface area contributed by atoms with Crippen molar-refractivity contribution in [3.63, 3.8) is 0 Å². The molecule has 0 radical (unpaired) electrons. The second-order valence-electron chi connectivity index (χ2n) is 7.18. The average molecular weight is 495 g/mol. The molecule has 0 heterocycles. The van der Waals surface area contributed by atoms with Gasteiger partial charge in [-0.2, -0.15) is 5.10 Å². The Bertz CT molecular complexity index is 1030. The Labute approximate surface area is 201 Å². The molecule has 0 saturated heterocycles. The van der Waals surface area contributed by atoms with E-state index in [2.05, 4.69) is 21.2 Å². The van der Waals surface area contributed by atoms with Crippen LogP contribution < -0.4 is 25.5 Å². The number of anilines is 1. The standard InChI is InChI=1S/C22H24Cl2N4O5/c1-13(2)10-25-21(30)22(31)28-26-11-14-8-17(24)20(18(9-14)32-3)33-12-19(29)27-16-6-4-15(23)5-7-16/h4-9,11,13H,10,12H2,1-3H3,(H,25,30)(H,27,29)(H,28,31)/b26-11-. The number of amides is 3. The number of carbonyl (C=O) groups is 3. The van der Waals surface area contributed by atoms with E-state index in [-0.39, 0.29) is 29.0 Å². The molecule has 0 spiro atoms. The third-order valence-electron chi connectivity index (χ3n) is 3.98. The zero-order valence-electron chi connectivity index (χ0n) is 18.3. The third-order valence-corrected chi connectivity index (χ3v) is 4.52. The minimum Gasteiger partial charge on any atom is -0.493 e. The van der Waals surface area contributed by atoms with Crippen molar-refractivity contribution >= 4 is 52.8 Å². The Hall–Kier alpha value is -3.30. The van der Waals surface area contributed by atoms with Crippen LogP contribution in [-0.2, 0) is 14.4 Å². The monoisotopic (exact) mass is 494 g/mol. The molecule has 0 atom stereocenters. The molecule has 2 rings (SSSR count). The molecule has 0 aliphatic carbocycles. The van der Waals surface area contributed by atoms with Crippen molar-refractivity contribution in [2.75, 3.05) is 25.6 Å². The Kier molecular flexibility index (Phi) is 9.96. The molecule has 0 aliphatic rings. The van der Waals surface area contributed by atoms with Crippen LogP contribution in [0.5, 0.6) is 11.5 Å². The number of halogens is 2. The zero-order valence-corrected chi connectivity index (χ0v) is 19.8. The molecule has 0 saturated carbocycles. The van der Waals surface area contributed by atoms with E-state index in [0.717, 1.165) is 0 Å². The molecule has 2 aromatic carbocycles. The number of hydrogen-bond donors (Lipinski definition) is 3. The molecule has 0 fully saturated rings. The third kappa shape index (κ3) is 8.63. The van der Waals surface area contributed by atoms with E-state index in [1.165, 1.54) is 19.4 Å². The first-order chi connectivity index (χ1) is 15.7. The minimum atomic E-state index is -0.892. The maximum Gasteiger partial charge on any atom is 0.329 e. The summed E-state index contributed by atoms with van der Waals surface area (Å²) in [6.07, 6.45) is 1.29. The van der Waals surface area contributed by atoms with E-state index in [0.29, 0.717) is 22.8 Å². The number of carbonyl (C=O) groups excluding carboxylic acids is 3. The molecule has 2 aromatic rings. The summed E-state index contributed by atoms with van der Waals surface area (Å²) < 4.78 is 10.8. The molecule has 3 amide bonds. The summed E-state index contributed by atoms with van der Waals surface area (Å²) in [6, 6.07) is 9.68. The summed E-state index contributed by atoms with van der Waals surface area (Å²) >= 11 is 12.1. The van der Waals surface area contributed by atoms with Crippen molar-refractivity contribution in [1.29, 1.82) is 0 Å². The molecule has 0 bridgehead atoms. The van der Waals surface area contributed by atoms with Crippen LogP contribution >= 0.6 is 23.2 Å². The van der Waals surface area contributed by atoms with Crippen LogP contribution in [0.3, 0.4) is 0 Å². The lowest BCUT2D eigenvalue weighted by Crippen LogP contribution is -2.39. The van der Waals surface area contributed by atoms with Gasteiger partial charge in [0, 0.05) is 17.3 Å². The van der Waals surface area contributed by atoms with Crippen LogP contribution in [0.1, 0.15) is 19.4 Å². The first-order valence-corrected chi connectivity index (χ1v) is 10.6. The van der Waals surface area contributed by atoms with Crippen LogP contribution in [0.15, 0.2) is 41.5 Å². The summed E-state index contributed by atoms with van der Waals surface area (Å²) in [5.74, 6) is -1.44. The molecule has 11 heteroatoms. The van der Waals surface area contributed by atoms with Gasteiger partial charge >= 0.3 is 11.8 Å². The highest BCUT2D eigenvalue weighted by Gasteiger charge is 2.15. The van der Waals surface area contributed by atoms with Crippen LogP contribution in [0.25, 0.3) is 0 Å². The molecule has 176 valence electrons. The van der Waals surface area contributed by atoms with Crippen molar-refractivity contribution in [3.8, 4) is 11.5 Å². The van der Waals surface area contributed by atoms with Crippen molar-refractivity contribution < 1.29 is 23.9 Å². The van der Waals surface area contributed by atoms with Crippen molar-refractivity contribution in [3.05, 3.63) is 52.0 Å². The molecular formula is C22H24Cl2N4O5. The van der Waals surface area contributed by atoms with Crippen molar-refractivity contribution in [1.82, 2.24) is 10.7 Å². The Morgan fingerprint density at radius 3 is 2.42 bits per heavy atom. The lowest BCUT2D eigenvalue weighted by molar-refractivity contribution is -0.139. The highest BCUT2D eigenvalue weighted by atomic mass is 35.5. The Morgan fingerprint density at radius 1 is 1.09 bits per heavy atom. The zero-order chi connectivity index (χ0) is 24.4. The summed E-state index contributed by atoms with van der Waals surface area (Å²) in [5, 5.41) is 9.62. The number of hydrogen-bond acceptors (Lipinski definition) is 6. The van der Waals surface area contributed by atoms with Crippen LogP contribution in [0.2, 0.25) is 10.0 Å². The summed E-state index contributed by atoms with van der Waals surface area (Å²) in [7, 11) is 1.41. The molecule has 0 aromatic heterocycles. The summed E-state index contributed by atoms with van der Waals surface area (Å²) in [4.78, 5) is 35.5. The van der Waals surface area contributed by atoms with E-state index >= 15 is 0 Å². The van der Waals surface area contributed by atoms with Gasteiger partial charge in [-0.25, -0.2) is 5.43 Å². The van der Waals surface area contributed by atoms with Gasteiger partial charge < -0.3 is 20.1 Å². The Morgan fingerprint density at radius 2 is 1.79 bits per heavy atom. The first kappa shape index (κ1) is 26.0. The van der Waals surface area contributed by atoms with Gasteiger partial charge in [0.25, 0.3) is 5.91 Å². The molecule has 9 nitrogen and oxygen atoms in total. The summed E-state index contributed by atoms with van der Waals surface area (Å²) in [6.45, 7) is 3.88. The fraction of sp³-hybridized carbons (Fsp3) is 0.273. The van der Waals surface area contributed by atoms with Crippen molar-refractivity contribution in [2.45, 2.75) is 13.8 Å². The normalized spacial score (nSPS) is 10.7. The summed E-state index contributed by atoms with van der Waals surface area (Å²) in [5.41, 5.74) is 3.17. The highest BCUT2D eigenvalue weighted by Crippen LogP contribution is 2.36. The maximum absolute atomic E-state index is 12.1. The van der Waals surface area contributed by atoms with Gasteiger partial charge in [-0.1, -0.05) is 37.0 Å². The van der Waals surface area contributed by atoms with Gasteiger partial charge in [-0.05, 0) is 47.9 Å². The second-order valence-corrected chi connectivity index (χ2v) is 8.02. The fourth-order valence-corrected chi connectivity index (χ4v) is 2.82. The van der Waals surface area contributed by atoms with E-state index in [4.69, 9.17) is 32.7 Å². The largest absolute Gasteiger partial charge is 0.493 e. The lowest BCUT2D eigenvalue weighted by atomic mass is 10.2. The molecule has 3 N–H and O–H groups in total. The quantitative estimate of drug-likeness (QED) is 0.281. The molecule has 0 unspecified atom stereocenters. The number of ether oxygens (including phenoxy) is 2. The fourth-order valence-electron chi connectivity index (χ4n) is 2.42. The minimum absolute atomic E-state index is 0.163. The molecule has 33 heavy (non-hydrogen) atoms. The second kappa shape index (κ2) is 12.7.